The van der Waals surface area contributed by atoms with Gasteiger partial charge >= 0.3 is 11.8 Å². The Morgan fingerprint density at radius 2 is 1.78 bits per heavy atom. The second-order valence-electron chi connectivity index (χ2n) is 10.5. The molecule has 1 N–H and O–H groups in total. The van der Waals surface area contributed by atoms with Crippen LogP contribution in [0.2, 0.25) is 10.3 Å². The molecule has 1 aliphatic heterocycles. The molecule has 0 unspecified atom stereocenters. The molecule has 2 atom stereocenters. The van der Waals surface area contributed by atoms with E-state index in [-0.39, 0.29) is 58.3 Å². The largest absolute Gasteiger partial charge is 0.465 e. The molecule has 0 aliphatic carbocycles. The van der Waals surface area contributed by atoms with Gasteiger partial charge in [-0.1, -0.05) is 37.6 Å². The second-order valence-corrected chi connectivity index (χ2v) is 11.2. The Balaban J connectivity index is 1.86. The van der Waals surface area contributed by atoms with Crippen LogP contribution in [0.3, 0.4) is 0 Å². The number of carboxylic acid groups (broad SMARTS) is 1. The zero-order valence-corrected chi connectivity index (χ0v) is 24.6. The van der Waals surface area contributed by atoms with Gasteiger partial charge in [0.1, 0.15) is 11.6 Å². The first-order valence-electron chi connectivity index (χ1n) is 13.1. The molecule has 3 aromatic heterocycles. The Bertz CT molecular complexity index is 1750. The van der Waals surface area contributed by atoms with E-state index in [4.69, 9.17) is 28.2 Å². The van der Waals surface area contributed by atoms with E-state index in [1.165, 1.54) is 15.5 Å². The van der Waals surface area contributed by atoms with Gasteiger partial charge in [0.05, 0.1) is 33.2 Å². The van der Waals surface area contributed by atoms with Gasteiger partial charge in [0.2, 0.25) is 5.28 Å². The first-order chi connectivity index (χ1) is 19.4. The van der Waals surface area contributed by atoms with E-state index in [1.54, 1.807) is 38.1 Å². The molecule has 1 fully saturated rings. The number of fused-ring (bicyclic) bond motifs is 1. The molecule has 13 heteroatoms. The average molecular weight is 600 g/mol. The number of aromatic nitrogens is 5. The zero-order chi connectivity index (χ0) is 29.7. The average Bonchev–Trinajstić information content (AvgIpc) is 2.90. The maximum absolute atomic E-state index is 14.9. The quantitative estimate of drug-likeness (QED) is 0.297. The van der Waals surface area contributed by atoms with E-state index in [0.717, 1.165) is 0 Å². The van der Waals surface area contributed by atoms with Crippen LogP contribution in [-0.2, 0) is 0 Å². The van der Waals surface area contributed by atoms with E-state index in [1.807, 2.05) is 25.7 Å². The molecule has 4 heterocycles. The molecule has 0 radical (unpaired) electrons. The summed E-state index contributed by atoms with van der Waals surface area (Å²) in [4.78, 5) is 46.9. The van der Waals surface area contributed by atoms with Gasteiger partial charge in [-0.15, -0.1) is 0 Å². The number of hydrogen-bond donors (Lipinski definition) is 1. The van der Waals surface area contributed by atoms with Crippen molar-refractivity contribution in [3.63, 3.8) is 0 Å². The van der Waals surface area contributed by atoms with E-state index in [9.17, 15) is 19.1 Å². The molecule has 5 rings (SSSR count). The van der Waals surface area contributed by atoms with Crippen molar-refractivity contribution in [2.75, 3.05) is 18.0 Å². The molecule has 41 heavy (non-hydrogen) atoms. The van der Waals surface area contributed by atoms with Gasteiger partial charge < -0.3 is 14.9 Å². The minimum atomic E-state index is -1.02. The smallest absolute Gasteiger partial charge is 0.407 e. The first kappa shape index (κ1) is 28.7. The molecule has 1 saturated heterocycles. The summed E-state index contributed by atoms with van der Waals surface area (Å²) in [5.74, 6) is -0.363. The standard InChI is InChI=1S/C28H28Cl2FN7O3/c1-13(2)21-23(16(5)32-26(30)34-21)38-25-18(10-19(29)22(33-25)17-8-6-7-9-20(17)31)24(35-27(38)39)36-11-15(4)37(28(40)41)12-14(36)3/h6-10,13-15H,11-12H2,1-5H3,(H,40,41)/t14-,15+/m0/s1. The molecule has 10 nitrogen and oxygen atoms in total. The Kier molecular flexibility index (Phi) is 7.60. The maximum Gasteiger partial charge on any atom is 0.407 e. The third-order valence-electron chi connectivity index (χ3n) is 7.26. The molecule has 1 aromatic carbocycles. The Labute approximate surface area is 245 Å². The molecule has 1 amide bonds. The highest BCUT2D eigenvalue weighted by Gasteiger charge is 2.35. The lowest BCUT2D eigenvalue weighted by atomic mass is 10.1. The van der Waals surface area contributed by atoms with Crippen LogP contribution in [0.1, 0.15) is 45.0 Å². The second kappa shape index (κ2) is 10.9. The molecular formula is C28H28Cl2FN7O3. The maximum atomic E-state index is 14.9. The van der Waals surface area contributed by atoms with E-state index >= 15 is 0 Å². The third kappa shape index (κ3) is 5.08. The van der Waals surface area contributed by atoms with Crippen molar-refractivity contribution in [1.82, 2.24) is 29.4 Å². The predicted octanol–water partition coefficient (Wildman–Crippen LogP) is 5.69. The van der Waals surface area contributed by atoms with Gasteiger partial charge in [0, 0.05) is 30.7 Å². The summed E-state index contributed by atoms with van der Waals surface area (Å²) >= 11 is 12.9. The van der Waals surface area contributed by atoms with Gasteiger partial charge in [-0.25, -0.2) is 33.5 Å². The molecule has 214 valence electrons. The van der Waals surface area contributed by atoms with Crippen LogP contribution in [0, 0.1) is 12.7 Å². The topological polar surface area (TPSA) is 117 Å². The summed E-state index contributed by atoms with van der Waals surface area (Å²) in [5, 5.41) is 10.3. The van der Waals surface area contributed by atoms with Crippen LogP contribution in [0.25, 0.3) is 28.0 Å². The molecular weight excluding hydrogens is 572 g/mol. The number of halogens is 3. The SMILES string of the molecule is Cc1nc(Cl)nc(C(C)C)c1-n1c(=O)nc(N2C[C@@H](C)N(C(=O)O)C[C@@H]2C)c2cc(Cl)c(-c3ccccc3F)nc21. The van der Waals surface area contributed by atoms with E-state index in [0.29, 0.717) is 28.3 Å². The molecule has 1 aliphatic rings. The monoisotopic (exact) mass is 599 g/mol. The number of rotatable bonds is 4. The van der Waals surface area contributed by atoms with Crippen molar-refractivity contribution in [1.29, 1.82) is 0 Å². The van der Waals surface area contributed by atoms with Crippen LogP contribution in [-0.4, -0.2) is 65.8 Å². The van der Waals surface area contributed by atoms with Crippen molar-refractivity contribution >= 4 is 46.1 Å². The number of anilines is 1. The lowest BCUT2D eigenvalue weighted by Gasteiger charge is -2.43. The van der Waals surface area contributed by atoms with Crippen LogP contribution < -0.4 is 10.6 Å². The summed E-state index contributed by atoms with van der Waals surface area (Å²) < 4.78 is 16.2. The first-order valence-corrected chi connectivity index (χ1v) is 13.8. The van der Waals surface area contributed by atoms with Gasteiger partial charge in [-0.05, 0) is 56.5 Å². The minimum Gasteiger partial charge on any atom is -0.465 e. The highest BCUT2D eigenvalue weighted by atomic mass is 35.5. The summed E-state index contributed by atoms with van der Waals surface area (Å²) in [6.07, 6.45) is -1.02. The summed E-state index contributed by atoms with van der Waals surface area (Å²) in [7, 11) is 0. The number of amides is 1. The van der Waals surface area contributed by atoms with E-state index < -0.39 is 17.6 Å². The number of carbonyl (C=O) groups is 1. The Morgan fingerprint density at radius 3 is 2.44 bits per heavy atom. The lowest BCUT2D eigenvalue weighted by Crippen LogP contribution is -2.58. The fourth-order valence-corrected chi connectivity index (χ4v) is 5.76. The highest BCUT2D eigenvalue weighted by molar-refractivity contribution is 6.34. The fourth-order valence-electron chi connectivity index (χ4n) is 5.29. The van der Waals surface area contributed by atoms with Gasteiger partial charge in [0.15, 0.2) is 5.65 Å². The number of benzene rings is 1. The molecule has 4 aromatic rings. The van der Waals surface area contributed by atoms with Crippen molar-refractivity contribution < 1.29 is 14.3 Å². The number of piperazine rings is 1. The number of hydrogen-bond acceptors (Lipinski definition) is 7. The van der Waals surface area contributed by atoms with Crippen molar-refractivity contribution in [3.8, 4) is 16.9 Å². The van der Waals surface area contributed by atoms with Crippen LogP contribution >= 0.6 is 23.2 Å². The summed E-state index contributed by atoms with van der Waals surface area (Å²) in [6.45, 7) is 9.68. The van der Waals surface area contributed by atoms with Crippen LogP contribution in [0.4, 0.5) is 15.0 Å². The van der Waals surface area contributed by atoms with Crippen LogP contribution in [0.5, 0.6) is 0 Å². The van der Waals surface area contributed by atoms with Crippen molar-refractivity contribution in [3.05, 3.63) is 68.3 Å². The highest BCUT2D eigenvalue weighted by Crippen LogP contribution is 2.36. The van der Waals surface area contributed by atoms with Gasteiger partial charge in [0.25, 0.3) is 0 Å². The Hall–Kier alpha value is -3.83. The lowest BCUT2D eigenvalue weighted by molar-refractivity contribution is 0.114. The van der Waals surface area contributed by atoms with E-state index in [2.05, 4.69) is 15.0 Å². The van der Waals surface area contributed by atoms with Gasteiger partial charge in [-0.3, -0.25) is 0 Å². The van der Waals surface area contributed by atoms with Crippen LogP contribution in [0.15, 0.2) is 35.1 Å². The summed E-state index contributed by atoms with van der Waals surface area (Å²) in [6, 6.07) is 7.03. The third-order valence-corrected chi connectivity index (χ3v) is 7.72. The number of pyridine rings is 1. The van der Waals surface area contributed by atoms with Crippen molar-refractivity contribution in [2.24, 2.45) is 0 Å². The molecule has 0 bridgehead atoms. The normalized spacial score (nSPS) is 17.5. The minimum absolute atomic E-state index is 0.0408. The van der Waals surface area contributed by atoms with Gasteiger partial charge in [-0.2, -0.15) is 4.98 Å². The number of nitrogens with zero attached hydrogens (tertiary/aromatic N) is 7. The molecule has 0 spiro atoms. The van der Waals surface area contributed by atoms with Crippen molar-refractivity contribution in [2.45, 2.75) is 52.6 Å². The summed E-state index contributed by atoms with van der Waals surface area (Å²) in [5.41, 5.74) is 1.18. The fraction of sp³-hybridized carbons (Fsp3) is 0.357. The predicted molar refractivity (Wildman–Crippen MR) is 156 cm³/mol. The number of aryl methyl sites for hydroxylation is 1. The zero-order valence-electron chi connectivity index (χ0n) is 23.1. The Morgan fingerprint density at radius 1 is 1.07 bits per heavy atom. The molecule has 0 saturated carbocycles.